The molecular weight excluding hydrogens is 541 g/mol. The SMILES string of the molecule is O=c1[nH]c(-c2ccc(N3[C@@H]4CC[C@H]3CC(OCc3c(-c5ccccc5OC(F)F)noc3C3CC3)C4)cc2F)no1. The molecule has 0 spiro atoms. The summed E-state index contributed by atoms with van der Waals surface area (Å²) in [5, 5.41) is 7.84. The Hall–Kier alpha value is -4.06. The summed E-state index contributed by atoms with van der Waals surface area (Å²) in [5.74, 6) is -0.138. The number of hydrogen-bond donors (Lipinski definition) is 1. The summed E-state index contributed by atoms with van der Waals surface area (Å²) in [6, 6.07) is 11.8. The van der Waals surface area contributed by atoms with Gasteiger partial charge in [-0.05, 0) is 68.9 Å². The number of piperidine rings is 1. The largest absolute Gasteiger partial charge is 0.439 e. The molecule has 2 aromatic carbocycles. The van der Waals surface area contributed by atoms with Crippen LogP contribution in [0.1, 0.15) is 55.8 Å². The van der Waals surface area contributed by atoms with Crippen molar-refractivity contribution in [2.75, 3.05) is 4.90 Å². The quantitative estimate of drug-likeness (QED) is 0.261. The number of fused-ring (bicyclic) bond motifs is 2. The standard InChI is InChI=1S/C29H27F3N4O5/c30-23-13-18(9-10-20(23)27-33-29(37)41-35-27)36-16-7-8-17(36)12-19(11-16)38-14-22-25(34-40-26(22)15-5-6-15)21-3-1-2-4-24(21)39-28(31)32/h1-4,9-10,13,15-17,19,28H,5-8,11-12,14H2,(H,33,35,37)/t16-,17+,19?. The van der Waals surface area contributed by atoms with Gasteiger partial charge in [0.1, 0.15) is 23.0 Å². The highest BCUT2D eigenvalue weighted by Crippen LogP contribution is 2.46. The molecule has 3 aliphatic rings. The number of nitrogens with zero attached hydrogens (tertiary/aromatic N) is 3. The molecule has 2 bridgehead atoms. The van der Waals surface area contributed by atoms with Gasteiger partial charge in [0, 0.05) is 34.8 Å². The Bertz CT molecular complexity index is 1600. The van der Waals surface area contributed by atoms with Gasteiger partial charge in [0.25, 0.3) is 0 Å². The molecular formula is C29H27F3N4O5. The second-order valence-corrected chi connectivity index (χ2v) is 10.8. The van der Waals surface area contributed by atoms with Crippen LogP contribution in [-0.2, 0) is 11.3 Å². The molecule has 12 heteroatoms. The maximum Gasteiger partial charge on any atom is 0.439 e. The molecule has 0 radical (unpaired) electrons. The van der Waals surface area contributed by atoms with Crippen molar-refractivity contribution in [3.63, 3.8) is 0 Å². The highest BCUT2D eigenvalue weighted by Gasteiger charge is 2.42. The number of aromatic nitrogens is 3. The van der Waals surface area contributed by atoms with Crippen LogP contribution in [0.15, 0.2) is 56.3 Å². The van der Waals surface area contributed by atoms with Gasteiger partial charge in [-0.15, -0.1) is 0 Å². The molecule has 1 aliphatic carbocycles. The number of ether oxygens (including phenoxy) is 2. The number of aromatic amines is 1. The lowest BCUT2D eigenvalue weighted by molar-refractivity contribution is -0.0494. The zero-order chi connectivity index (χ0) is 28.1. The summed E-state index contributed by atoms with van der Waals surface area (Å²) >= 11 is 0. The summed E-state index contributed by atoms with van der Waals surface area (Å²) in [6.07, 6.45) is 5.41. The molecule has 214 valence electrons. The van der Waals surface area contributed by atoms with Gasteiger partial charge in [-0.3, -0.25) is 9.51 Å². The first-order valence-electron chi connectivity index (χ1n) is 13.7. The van der Waals surface area contributed by atoms with E-state index in [0.717, 1.165) is 55.5 Å². The summed E-state index contributed by atoms with van der Waals surface area (Å²) in [5.41, 5.74) is 2.62. The monoisotopic (exact) mass is 568 g/mol. The van der Waals surface area contributed by atoms with Crippen LogP contribution in [0.5, 0.6) is 5.75 Å². The highest BCUT2D eigenvalue weighted by atomic mass is 19.3. The lowest BCUT2D eigenvalue weighted by Gasteiger charge is -2.40. The molecule has 2 saturated heterocycles. The number of nitrogens with one attached hydrogen (secondary N) is 1. The van der Waals surface area contributed by atoms with E-state index < -0.39 is 18.2 Å². The normalized spacial score (nSPS) is 22.0. The Morgan fingerprint density at radius 1 is 1.00 bits per heavy atom. The molecule has 1 N–H and O–H groups in total. The van der Waals surface area contributed by atoms with Crippen molar-refractivity contribution >= 4 is 5.69 Å². The van der Waals surface area contributed by atoms with Crippen LogP contribution in [0.2, 0.25) is 0 Å². The fourth-order valence-corrected chi connectivity index (χ4v) is 6.29. The van der Waals surface area contributed by atoms with Gasteiger partial charge in [0.2, 0.25) is 0 Å². The van der Waals surface area contributed by atoms with E-state index in [1.807, 2.05) is 6.07 Å². The molecule has 2 aliphatic heterocycles. The number of anilines is 1. The fourth-order valence-electron chi connectivity index (χ4n) is 6.29. The number of hydrogen-bond acceptors (Lipinski definition) is 8. The average molecular weight is 569 g/mol. The maximum absolute atomic E-state index is 15.0. The van der Waals surface area contributed by atoms with E-state index in [1.165, 1.54) is 12.1 Å². The Labute approximate surface area is 232 Å². The second kappa shape index (κ2) is 10.4. The molecule has 1 unspecified atom stereocenters. The topological polar surface area (TPSA) is 107 Å². The van der Waals surface area contributed by atoms with E-state index in [-0.39, 0.29) is 47.8 Å². The van der Waals surface area contributed by atoms with Gasteiger partial charge in [-0.1, -0.05) is 22.4 Å². The lowest BCUT2D eigenvalue weighted by Crippen LogP contribution is -2.45. The van der Waals surface area contributed by atoms with E-state index >= 15 is 0 Å². The molecule has 3 fully saturated rings. The van der Waals surface area contributed by atoms with Crippen LogP contribution in [0, 0.1) is 5.82 Å². The van der Waals surface area contributed by atoms with E-state index in [9.17, 15) is 18.0 Å². The van der Waals surface area contributed by atoms with Gasteiger partial charge in [0.05, 0.1) is 18.3 Å². The van der Waals surface area contributed by atoms with E-state index in [0.29, 0.717) is 11.3 Å². The highest BCUT2D eigenvalue weighted by molar-refractivity contribution is 5.70. The summed E-state index contributed by atoms with van der Waals surface area (Å²) in [4.78, 5) is 15.9. The third kappa shape index (κ3) is 5.01. The second-order valence-electron chi connectivity index (χ2n) is 10.8. The van der Waals surface area contributed by atoms with Crippen LogP contribution < -0.4 is 15.4 Å². The molecule has 2 aromatic heterocycles. The molecule has 0 amide bonds. The minimum atomic E-state index is -2.96. The van der Waals surface area contributed by atoms with Gasteiger partial charge < -0.3 is 18.9 Å². The number of rotatable bonds is 9. The van der Waals surface area contributed by atoms with Crippen LogP contribution in [0.3, 0.4) is 0 Å². The van der Waals surface area contributed by atoms with Gasteiger partial charge in [0.15, 0.2) is 5.82 Å². The van der Waals surface area contributed by atoms with E-state index in [4.69, 9.17) is 14.0 Å². The number of benzene rings is 2. The molecule has 4 heterocycles. The number of halogens is 3. The average Bonchev–Trinajstić information content (AvgIpc) is 3.47. The number of alkyl halides is 2. The fraction of sp³-hybridized carbons (Fsp3) is 0.414. The van der Waals surface area contributed by atoms with Gasteiger partial charge in [-0.2, -0.15) is 8.78 Å². The van der Waals surface area contributed by atoms with Crippen molar-refractivity contribution in [3.8, 4) is 28.4 Å². The first-order valence-corrected chi connectivity index (χ1v) is 13.7. The zero-order valence-corrected chi connectivity index (χ0v) is 21.9. The van der Waals surface area contributed by atoms with Crippen LogP contribution in [-0.4, -0.2) is 40.1 Å². The first-order chi connectivity index (χ1) is 19.9. The molecule has 9 nitrogen and oxygen atoms in total. The Morgan fingerprint density at radius 2 is 1.78 bits per heavy atom. The van der Waals surface area contributed by atoms with Crippen molar-refractivity contribution < 1.29 is 31.7 Å². The smallest absolute Gasteiger partial charge is 0.434 e. The maximum atomic E-state index is 15.0. The Morgan fingerprint density at radius 3 is 2.46 bits per heavy atom. The summed E-state index contributed by atoms with van der Waals surface area (Å²) < 4.78 is 62.6. The first kappa shape index (κ1) is 25.9. The van der Waals surface area contributed by atoms with E-state index in [1.54, 1.807) is 24.3 Å². The van der Waals surface area contributed by atoms with Crippen molar-refractivity contribution in [2.45, 2.75) is 75.8 Å². The van der Waals surface area contributed by atoms with Crippen LogP contribution in [0.4, 0.5) is 18.9 Å². The third-order valence-electron chi connectivity index (χ3n) is 8.22. The van der Waals surface area contributed by atoms with Gasteiger partial charge >= 0.3 is 12.4 Å². The summed E-state index contributed by atoms with van der Waals surface area (Å²) in [6.45, 7) is -2.71. The molecule has 41 heavy (non-hydrogen) atoms. The zero-order valence-electron chi connectivity index (χ0n) is 21.9. The minimum Gasteiger partial charge on any atom is -0.434 e. The number of H-pyrrole nitrogens is 1. The van der Waals surface area contributed by atoms with Crippen molar-refractivity contribution in [3.05, 3.63) is 70.2 Å². The lowest BCUT2D eigenvalue weighted by atomic mass is 9.98. The third-order valence-corrected chi connectivity index (χ3v) is 8.22. The molecule has 3 atom stereocenters. The van der Waals surface area contributed by atoms with Crippen molar-refractivity contribution in [2.24, 2.45) is 0 Å². The van der Waals surface area contributed by atoms with E-state index in [2.05, 4.69) is 24.7 Å². The Balaban J connectivity index is 1.08. The van der Waals surface area contributed by atoms with Crippen LogP contribution >= 0.6 is 0 Å². The summed E-state index contributed by atoms with van der Waals surface area (Å²) in [7, 11) is 0. The predicted molar refractivity (Wildman–Crippen MR) is 140 cm³/mol. The molecule has 1 saturated carbocycles. The van der Waals surface area contributed by atoms with Crippen molar-refractivity contribution in [1.29, 1.82) is 0 Å². The predicted octanol–water partition coefficient (Wildman–Crippen LogP) is 6.02. The number of para-hydroxylation sites is 1. The minimum absolute atomic E-state index is 0.0320. The molecule has 7 rings (SSSR count). The molecule has 4 aromatic rings. The van der Waals surface area contributed by atoms with Crippen molar-refractivity contribution in [1.82, 2.24) is 15.3 Å². The Kier molecular flexibility index (Phi) is 6.57. The van der Waals surface area contributed by atoms with Crippen LogP contribution in [0.25, 0.3) is 22.6 Å². The van der Waals surface area contributed by atoms with Gasteiger partial charge in [-0.25, -0.2) is 9.18 Å².